The topological polar surface area (TPSA) is 32.8 Å². The maximum atomic E-state index is 12.6. The lowest BCUT2D eigenvalue weighted by atomic mass is 10.1. The third-order valence-electron chi connectivity index (χ3n) is 4.07. The van der Waals surface area contributed by atoms with Crippen LogP contribution in [0.3, 0.4) is 0 Å². The van der Waals surface area contributed by atoms with Gasteiger partial charge in [-0.05, 0) is 25.1 Å². The number of piperazine rings is 1. The SMILES string of the molecule is CCCCCN1CCN(C(=O)c2ccccc2OC(F)F)CC1. The first-order valence-electron chi connectivity index (χ1n) is 8.17. The van der Waals surface area contributed by atoms with E-state index in [1.54, 1.807) is 17.0 Å². The molecule has 0 atom stereocenters. The molecule has 1 heterocycles. The van der Waals surface area contributed by atoms with Crippen molar-refractivity contribution in [2.24, 2.45) is 0 Å². The third-order valence-corrected chi connectivity index (χ3v) is 4.07. The number of amides is 1. The quantitative estimate of drug-likeness (QED) is 0.721. The summed E-state index contributed by atoms with van der Waals surface area (Å²) in [7, 11) is 0. The molecule has 128 valence electrons. The summed E-state index contributed by atoms with van der Waals surface area (Å²) in [5.41, 5.74) is 0.201. The van der Waals surface area contributed by atoms with Gasteiger partial charge in [-0.2, -0.15) is 8.78 Å². The predicted octanol–water partition coefficient (Wildman–Crippen LogP) is 3.24. The summed E-state index contributed by atoms with van der Waals surface area (Å²) in [6, 6.07) is 6.18. The molecule has 0 spiro atoms. The van der Waals surface area contributed by atoms with E-state index >= 15 is 0 Å². The van der Waals surface area contributed by atoms with Crippen molar-refractivity contribution < 1.29 is 18.3 Å². The molecule has 1 fully saturated rings. The minimum atomic E-state index is -2.93. The highest BCUT2D eigenvalue weighted by atomic mass is 19.3. The summed E-state index contributed by atoms with van der Waals surface area (Å²) in [5, 5.41) is 0. The molecular formula is C17H24F2N2O2. The summed E-state index contributed by atoms with van der Waals surface area (Å²) < 4.78 is 29.4. The second kappa shape index (κ2) is 8.82. The van der Waals surface area contributed by atoms with Crippen LogP contribution in [0.15, 0.2) is 24.3 Å². The van der Waals surface area contributed by atoms with E-state index in [9.17, 15) is 13.6 Å². The van der Waals surface area contributed by atoms with Crippen LogP contribution in [0.4, 0.5) is 8.78 Å². The van der Waals surface area contributed by atoms with Gasteiger partial charge in [0.2, 0.25) is 0 Å². The molecule has 6 heteroatoms. The van der Waals surface area contributed by atoms with Gasteiger partial charge in [-0.1, -0.05) is 31.9 Å². The number of carbonyl (C=O) groups is 1. The third kappa shape index (κ3) is 5.16. The maximum absolute atomic E-state index is 12.6. The fraction of sp³-hybridized carbons (Fsp3) is 0.588. The molecule has 0 aliphatic carbocycles. The summed E-state index contributed by atoms with van der Waals surface area (Å²) in [6.07, 6.45) is 3.59. The highest BCUT2D eigenvalue weighted by Crippen LogP contribution is 2.22. The van der Waals surface area contributed by atoms with E-state index < -0.39 is 6.61 Å². The fourth-order valence-corrected chi connectivity index (χ4v) is 2.77. The van der Waals surface area contributed by atoms with Crippen LogP contribution in [0.1, 0.15) is 36.5 Å². The Morgan fingerprint density at radius 1 is 1.17 bits per heavy atom. The zero-order valence-electron chi connectivity index (χ0n) is 13.5. The van der Waals surface area contributed by atoms with E-state index in [1.807, 2.05) is 0 Å². The van der Waals surface area contributed by atoms with Crippen LogP contribution in [0.5, 0.6) is 5.75 Å². The first kappa shape index (κ1) is 17.7. The average molecular weight is 326 g/mol. The van der Waals surface area contributed by atoms with Gasteiger partial charge in [-0.25, -0.2) is 0 Å². The number of para-hydroxylation sites is 1. The number of benzene rings is 1. The summed E-state index contributed by atoms with van der Waals surface area (Å²) in [6.45, 7) is 3.19. The molecule has 0 unspecified atom stereocenters. The monoisotopic (exact) mass is 326 g/mol. The normalized spacial score (nSPS) is 15.9. The van der Waals surface area contributed by atoms with Crippen LogP contribution in [0, 0.1) is 0 Å². The molecule has 1 aromatic carbocycles. The van der Waals surface area contributed by atoms with Crippen LogP contribution < -0.4 is 4.74 Å². The number of halogens is 2. The molecule has 0 radical (unpaired) electrons. The molecule has 1 saturated heterocycles. The Kier molecular flexibility index (Phi) is 6.77. The number of hydrogen-bond acceptors (Lipinski definition) is 3. The van der Waals surface area contributed by atoms with E-state index in [0.29, 0.717) is 13.1 Å². The number of nitrogens with zero attached hydrogens (tertiary/aromatic N) is 2. The van der Waals surface area contributed by atoms with Gasteiger partial charge in [0.05, 0.1) is 5.56 Å². The lowest BCUT2D eigenvalue weighted by molar-refractivity contribution is -0.0503. The Balaban J connectivity index is 1.92. The van der Waals surface area contributed by atoms with Gasteiger partial charge in [0, 0.05) is 26.2 Å². The van der Waals surface area contributed by atoms with E-state index in [4.69, 9.17) is 0 Å². The highest BCUT2D eigenvalue weighted by Gasteiger charge is 2.24. The zero-order valence-corrected chi connectivity index (χ0v) is 13.5. The first-order valence-corrected chi connectivity index (χ1v) is 8.17. The van der Waals surface area contributed by atoms with E-state index in [1.165, 1.54) is 31.4 Å². The zero-order chi connectivity index (χ0) is 16.7. The standard InChI is InChI=1S/C17H24F2N2O2/c1-2-3-6-9-20-10-12-21(13-11-20)16(22)14-7-4-5-8-15(14)23-17(18)19/h4-5,7-8,17H,2-3,6,9-13H2,1H3. The van der Waals surface area contributed by atoms with Crippen LogP contribution >= 0.6 is 0 Å². The van der Waals surface area contributed by atoms with E-state index in [0.717, 1.165) is 19.6 Å². The van der Waals surface area contributed by atoms with Gasteiger partial charge in [-0.15, -0.1) is 0 Å². The molecule has 23 heavy (non-hydrogen) atoms. The van der Waals surface area contributed by atoms with Crippen molar-refractivity contribution in [2.45, 2.75) is 32.8 Å². The Morgan fingerprint density at radius 2 is 1.87 bits per heavy atom. The van der Waals surface area contributed by atoms with Crippen LogP contribution in [0.2, 0.25) is 0 Å². The molecule has 1 aromatic rings. The van der Waals surface area contributed by atoms with Gasteiger partial charge >= 0.3 is 6.61 Å². The number of ether oxygens (including phenoxy) is 1. The molecule has 0 aromatic heterocycles. The largest absolute Gasteiger partial charge is 0.434 e. The van der Waals surface area contributed by atoms with Crippen LogP contribution in [0.25, 0.3) is 0 Å². The first-order chi connectivity index (χ1) is 11.1. The van der Waals surface area contributed by atoms with Crippen molar-refractivity contribution in [3.05, 3.63) is 29.8 Å². The van der Waals surface area contributed by atoms with E-state index in [2.05, 4.69) is 16.6 Å². The smallest absolute Gasteiger partial charge is 0.387 e. The average Bonchev–Trinajstić information content (AvgIpc) is 2.55. The lowest BCUT2D eigenvalue weighted by Gasteiger charge is -2.35. The highest BCUT2D eigenvalue weighted by molar-refractivity contribution is 5.97. The fourth-order valence-electron chi connectivity index (χ4n) is 2.77. The lowest BCUT2D eigenvalue weighted by Crippen LogP contribution is -2.48. The Labute approximate surface area is 136 Å². The molecule has 0 saturated carbocycles. The number of hydrogen-bond donors (Lipinski definition) is 0. The summed E-state index contributed by atoms with van der Waals surface area (Å²) >= 11 is 0. The minimum Gasteiger partial charge on any atom is -0.434 e. The van der Waals surface area contributed by atoms with Crippen molar-refractivity contribution in [3.63, 3.8) is 0 Å². The van der Waals surface area contributed by atoms with Crippen molar-refractivity contribution in [3.8, 4) is 5.75 Å². The van der Waals surface area contributed by atoms with Gasteiger partial charge < -0.3 is 9.64 Å². The molecular weight excluding hydrogens is 302 g/mol. The van der Waals surface area contributed by atoms with Gasteiger partial charge in [-0.3, -0.25) is 9.69 Å². The maximum Gasteiger partial charge on any atom is 0.387 e. The number of unbranched alkanes of at least 4 members (excludes halogenated alkanes) is 2. The second-order valence-corrected chi connectivity index (χ2v) is 5.72. The predicted molar refractivity (Wildman–Crippen MR) is 84.9 cm³/mol. The Morgan fingerprint density at radius 3 is 2.52 bits per heavy atom. The van der Waals surface area contributed by atoms with Crippen molar-refractivity contribution in [1.82, 2.24) is 9.80 Å². The molecule has 1 amide bonds. The molecule has 0 N–H and O–H groups in total. The van der Waals surface area contributed by atoms with Gasteiger partial charge in [0.15, 0.2) is 0 Å². The Bertz CT molecular complexity index is 503. The van der Waals surface area contributed by atoms with Crippen LogP contribution in [-0.2, 0) is 0 Å². The van der Waals surface area contributed by atoms with Gasteiger partial charge in [0.25, 0.3) is 5.91 Å². The minimum absolute atomic E-state index is 0.0575. The molecule has 0 bridgehead atoms. The molecule has 4 nitrogen and oxygen atoms in total. The number of rotatable bonds is 7. The molecule has 2 rings (SSSR count). The number of carbonyl (C=O) groups excluding carboxylic acids is 1. The van der Waals surface area contributed by atoms with Crippen molar-refractivity contribution in [2.75, 3.05) is 32.7 Å². The summed E-state index contributed by atoms with van der Waals surface area (Å²) in [4.78, 5) is 16.6. The number of alkyl halides is 2. The van der Waals surface area contributed by atoms with Gasteiger partial charge in [0.1, 0.15) is 5.75 Å². The molecule has 1 aliphatic heterocycles. The second-order valence-electron chi connectivity index (χ2n) is 5.72. The van der Waals surface area contributed by atoms with Crippen molar-refractivity contribution in [1.29, 1.82) is 0 Å². The van der Waals surface area contributed by atoms with Crippen molar-refractivity contribution >= 4 is 5.91 Å². The summed E-state index contributed by atoms with van der Waals surface area (Å²) in [5.74, 6) is -0.299. The van der Waals surface area contributed by atoms with E-state index in [-0.39, 0.29) is 17.2 Å². The molecule has 1 aliphatic rings. The Hall–Kier alpha value is -1.69. The van der Waals surface area contributed by atoms with Crippen LogP contribution in [-0.4, -0.2) is 55.0 Å².